The fraction of sp³-hybridized carbons (Fsp3) is 0.480. The monoisotopic (exact) mass is 550 g/mol. The molecule has 1 N–H and O–H groups in total. The summed E-state index contributed by atoms with van der Waals surface area (Å²) in [5.41, 5.74) is 2.52. The summed E-state index contributed by atoms with van der Waals surface area (Å²) >= 11 is 0. The van der Waals surface area contributed by atoms with Crippen molar-refractivity contribution in [3.05, 3.63) is 58.1 Å². The van der Waals surface area contributed by atoms with E-state index in [2.05, 4.69) is 36.1 Å². The third-order valence-corrected chi connectivity index (χ3v) is 8.14. The minimum absolute atomic E-state index is 0.0787. The number of nitrogens with one attached hydrogen (secondary N) is 1. The number of nitro benzene ring substituents is 1. The van der Waals surface area contributed by atoms with Gasteiger partial charge in [-0.05, 0) is 63.2 Å². The molecule has 2 aliphatic rings. The van der Waals surface area contributed by atoms with Crippen molar-refractivity contribution in [3.63, 3.8) is 0 Å². The topological polar surface area (TPSA) is 133 Å². The minimum atomic E-state index is -3.65. The van der Waals surface area contributed by atoms with Gasteiger partial charge in [0, 0.05) is 43.9 Å². The number of carbonyl (C=O) groups is 1. The molecule has 0 aromatic heterocycles. The van der Waals surface area contributed by atoms with Crippen LogP contribution in [-0.4, -0.2) is 63.0 Å². The summed E-state index contributed by atoms with van der Waals surface area (Å²) in [5, 5.41) is 12.9. The van der Waals surface area contributed by atoms with E-state index in [1.54, 1.807) is 20.9 Å². The number of carbonyl (C=O) groups excluding carboxylic acids is 1. The van der Waals surface area contributed by atoms with Gasteiger partial charge in [-0.25, -0.2) is 9.36 Å². The molecule has 0 saturated carbocycles. The molecule has 208 valence electrons. The lowest BCUT2D eigenvalue weighted by molar-refractivity contribution is -0.384. The summed E-state index contributed by atoms with van der Waals surface area (Å²) in [5.74, 6) is 0.791. The number of phosphoric acid groups is 1. The maximum Gasteiger partial charge on any atom is 0.530 e. The predicted molar refractivity (Wildman–Crippen MR) is 143 cm³/mol. The summed E-state index contributed by atoms with van der Waals surface area (Å²) in [6.07, 6.45) is 1.07. The lowest BCUT2D eigenvalue weighted by atomic mass is 9.81. The highest BCUT2D eigenvalue weighted by Gasteiger charge is 2.52. The molecule has 0 spiro atoms. The van der Waals surface area contributed by atoms with Crippen LogP contribution in [-0.2, 0) is 19.0 Å². The van der Waals surface area contributed by atoms with E-state index in [1.165, 1.54) is 35.5 Å². The molecular weight excluding hydrogens is 515 g/mol. The Balaban J connectivity index is 0.000000212. The highest BCUT2D eigenvalue weighted by atomic mass is 31.2. The number of likely N-dealkylation sites (N-methyl/N-ethyl adjacent to an activating group) is 2. The van der Waals surface area contributed by atoms with Gasteiger partial charge in [-0.1, -0.05) is 6.92 Å². The Morgan fingerprint density at radius 3 is 2.29 bits per heavy atom. The molecule has 1 saturated heterocycles. The Kier molecular flexibility index (Phi) is 9.37. The van der Waals surface area contributed by atoms with Crippen LogP contribution < -0.4 is 19.5 Å². The number of hydrogen-bond acceptors (Lipinski definition) is 10. The number of amides is 1. The molecule has 1 amide bonds. The molecule has 4 rings (SSSR count). The largest absolute Gasteiger partial charge is 0.530 e. The molecule has 0 unspecified atom stereocenters. The summed E-state index contributed by atoms with van der Waals surface area (Å²) in [6, 6.07) is 11.1. The van der Waals surface area contributed by atoms with Crippen LogP contribution in [0.5, 0.6) is 11.5 Å². The third-order valence-electron chi connectivity index (χ3n) is 6.56. The van der Waals surface area contributed by atoms with E-state index in [0.717, 1.165) is 13.0 Å². The van der Waals surface area contributed by atoms with Gasteiger partial charge in [0.2, 0.25) is 0 Å². The van der Waals surface area contributed by atoms with Crippen molar-refractivity contribution >= 4 is 25.3 Å². The summed E-state index contributed by atoms with van der Waals surface area (Å²) in [6.45, 7) is 7.04. The number of likely N-dealkylation sites (tertiary alicyclic amines) is 1. The van der Waals surface area contributed by atoms with E-state index >= 15 is 0 Å². The van der Waals surface area contributed by atoms with Gasteiger partial charge in [0.15, 0.2) is 0 Å². The van der Waals surface area contributed by atoms with Crippen LogP contribution in [0.25, 0.3) is 0 Å². The zero-order chi connectivity index (χ0) is 28.1. The first-order chi connectivity index (χ1) is 18.0. The lowest BCUT2D eigenvalue weighted by Gasteiger charge is -2.32. The highest BCUT2D eigenvalue weighted by Crippen LogP contribution is 2.52. The van der Waals surface area contributed by atoms with E-state index in [4.69, 9.17) is 18.3 Å². The summed E-state index contributed by atoms with van der Waals surface area (Å²) < 4.78 is 32.2. The smallest absolute Gasteiger partial charge is 0.410 e. The summed E-state index contributed by atoms with van der Waals surface area (Å²) in [4.78, 5) is 26.0. The fourth-order valence-electron chi connectivity index (χ4n) is 4.94. The number of nitrogens with zero attached hydrogens (tertiary/aromatic N) is 3. The number of anilines is 1. The van der Waals surface area contributed by atoms with Crippen LogP contribution in [0.2, 0.25) is 0 Å². The lowest BCUT2D eigenvalue weighted by Crippen LogP contribution is -2.45. The van der Waals surface area contributed by atoms with Gasteiger partial charge >= 0.3 is 13.9 Å². The van der Waals surface area contributed by atoms with Crippen LogP contribution in [0.3, 0.4) is 0 Å². The second-order valence-electron chi connectivity index (χ2n) is 9.08. The van der Waals surface area contributed by atoms with E-state index in [1.807, 2.05) is 18.2 Å². The van der Waals surface area contributed by atoms with E-state index in [-0.39, 0.29) is 30.1 Å². The Morgan fingerprint density at radius 1 is 1.13 bits per heavy atom. The molecule has 38 heavy (non-hydrogen) atoms. The second-order valence-corrected chi connectivity index (χ2v) is 10.7. The average molecular weight is 551 g/mol. The first kappa shape index (κ1) is 29.4. The molecule has 2 atom stereocenters. The van der Waals surface area contributed by atoms with E-state index in [9.17, 15) is 19.5 Å². The first-order valence-corrected chi connectivity index (χ1v) is 13.7. The van der Waals surface area contributed by atoms with Gasteiger partial charge in [0.1, 0.15) is 11.5 Å². The van der Waals surface area contributed by atoms with Gasteiger partial charge in [0.05, 0.1) is 24.3 Å². The highest BCUT2D eigenvalue weighted by molar-refractivity contribution is 7.48. The van der Waals surface area contributed by atoms with Crippen molar-refractivity contribution in [1.29, 1.82) is 0 Å². The maximum atomic E-state index is 12.0. The Hall–Kier alpha value is -3.18. The van der Waals surface area contributed by atoms with Gasteiger partial charge in [0.25, 0.3) is 5.69 Å². The molecule has 2 aliphatic heterocycles. The number of fused-ring (bicyclic) bond motifs is 3. The van der Waals surface area contributed by atoms with E-state index in [0.29, 0.717) is 11.9 Å². The van der Waals surface area contributed by atoms with Crippen LogP contribution >= 0.6 is 7.82 Å². The zero-order valence-corrected chi connectivity index (χ0v) is 23.4. The van der Waals surface area contributed by atoms with Crippen LogP contribution in [0.4, 0.5) is 16.2 Å². The molecule has 2 aromatic rings. The minimum Gasteiger partial charge on any atom is -0.410 e. The number of ether oxygens (including phenoxy) is 1. The molecule has 0 radical (unpaired) electrons. The standard InChI is InChI=1S/C15H21N3O2.C10H14NO6P/c1-15-7-8-17(3)13(15)18(4)12-6-5-10(9-11(12)15)20-14(19)16-2;1-3-15-18(14,16-4-2)17-10-7-5-9(6-8-10)11(12)13/h5-6,9,13H,7-8H2,1-4H3,(H,16,19);5-8H,3-4H2,1-2H3/t13-,15+;/m1./s1. The van der Waals surface area contributed by atoms with Gasteiger partial charge in [-0.15, -0.1) is 0 Å². The Bertz CT molecular complexity index is 1180. The second kappa shape index (κ2) is 12.1. The number of hydrogen-bond donors (Lipinski definition) is 1. The first-order valence-electron chi connectivity index (χ1n) is 12.3. The number of benzene rings is 2. The normalized spacial score (nSPS) is 20.2. The van der Waals surface area contributed by atoms with Crippen LogP contribution in [0, 0.1) is 10.1 Å². The zero-order valence-electron chi connectivity index (χ0n) is 22.5. The molecule has 1 fully saturated rings. The SMILES string of the molecule is CCOP(=O)(OCC)Oc1ccc([N+](=O)[O-])cc1.CNC(=O)Oc1ccc2c(c1)[C@]1(C)CCN(C)[C@@H]1N2C. The van der Waals surface area contributed by atoms with Crippen LogP contribution in [0.1, 0.15) is 32.8 Å². The van der Waals surface area contributed by atoms with Crippen LogP contribution in [0.15, 0.2) is 42.5 Å². The van der Waals surface area contributed by atoms with Gasteiger partial charge in [-0.3, -0.25) is 24.1 Å². The average Bonchev–Trinajstić information content (AvgIpc) is 3.30. The Morgan fingerprint density at radius 2 is 1.74 bits per heavy atom. The number of nitro groups is 1. The fourth-order valence-corrected chi connectivity index (χ4v) is 6.13. The predicted octanol–water partition coefficient (Wildman–Crippen LogP) is 4.93. The molecule has 0 bridgehead atoms. The van der Waals surface area contributed by atoms with Crippen molar-refractivity contribution in [2.24, 2.45) is 0 Å². The maximum absolute atomic E-state index is 12.0. The molecule has 2 aromatic carbocycles. The number of phosphoric ester groups is 1. The van der Waals surface area contributed by atoms with Crippen molar-refractivity contribution in [1.82, 2.24) is 10.2 Å². The Labute approximate surface area is 222 Å². The molecule has 2 heterocycles. The molecule has 0 aliphatic carbocycles. The van der Waals surface area contributed by atoms with Crippen molar-refractivity contribution in [2.75, 3.05) is 45.8 Å². The van der Waals surface area contributed by atoms with Crippen molar-refractivity contribution < 1.29 is 32.6 Å². The van der Waals surface area contributed by atoms with Crippen molar-refractivity contribution in [3.8, 4) is 11.5 Å². The van der Waals surface area contributed by atoms with E-state index < -0.39 is 18.8 Å². The van der Waals surface area contributed by atoms with Gasteiger partial charge in [-0.2, -0.15) is 0 Å². The summed E-state index contributed by atoms with van der Waals surface area (Å²) in [7, 11) is 2.21. The molecule has 12 nitrogen and oxygen atoms in total. The van der Waals surface area contributed by atoms with Gasteiger partial charge < -0.3 is 19.5 Å². The molecular formula is C25H35N4O8P. The quantitative estimate of drug-likeness (QED) is 0.274. The third kappa shape index (κ3) is 6.27. The van der Waals surface area contributed by atoms with Crippen molar-refractivity contribution in [2.45, 2.75) is 38.8 Å². The molecule has 13 heteroatoms. The number of non-ortho nitro benzene ring substituents is 1. The number of rotatable bonds is 8.